The lowest BCUT2D eigenvalue weighted by atomic mass is 10.2. The van der Waals surface area contributed by atoms with Gasteiger partial charge in [0.25, 0.3) is 0 Å². The maximum absolute atomic E-state index is 6.23. The minimum Gasteiger partial charge on any atom is -0.307 e. The van der Waals surface area contributed by atoms with Gasteiger partial charge < -0.3 is 5.32 Å². The van der Waals surface area contributed by atoms with E-state index >= 15 is 0 Å². The van der Waals surface area contributed by atoms with Gasteiger partial charge in [0.2, 0.25) is 0 Å². The number of hydrogen-bond acceptors (Lipinski definition) is 2. The first kappa shape index (κ1) is 10.6. The van der Waals surface area contributed by atoms with Crippen LogP contribution >= 0.6 is 27.5 Å². The van der Waals surface area contributed by atoms with Crippen LogP contribution in [-0.2, 0) is 0 Å². The molecule has 1 N–H and O–H groups in total. The molecule has 84 valence electrons. The lowest BCUT2D eigenvalue weighted by Crippen LogP contribution is -2.16. The van der Waals surface area contributed by atoms with E-state index in [-0.39, 0.29) is 0 Å². The molecule has 1 unspecified atom stereocenters. The van der Waals surface area contributed by atoms with Gasteiger partial charge in [-0.3, -0.25) is 4.40 Å². The Hall–Kier alpha value is -0.580. The third-order valence-electron chi connectivity index (χ3n) is 2.97. The third-order valence-corrected chi connectivity index (χ3v) is 3.85. The number of hydrogen-bond donors (Lipinski definition) is 1. The molecule has 1 saturated heterocycles. The smallest absolute Gasteiger partial charge is 0.133 e. The molecule has 0 saturated carbocycles. The SMILES string of the molecule is Clc1cccc2c(Br)nc(C3CCCN3)n12. The summed E-state index contributed by atoms with van der Waals surface area (Å²) in [6, 6.07) is 6.16. The second kappa shape index (κ2) is 4.02. The largest absolute Gasteiger partial charge is 0.307 e. The number of halogens is 2. The van der Waals surface area contributed by atoms with Crippen molar-refractivity contribution in [1.29, 1.82) is 0 Å². The highest BCUT2D eigenvalue weighted by molar-refractivity contribution is 9.10. The minimum absolute atomic E-state index is 0.318. The Bertz CT molecular complexity index is 531. The second-order valence-corrected chi connectivity index (χ2v) is 5.12. The van der Waals surface area contributed by atoms with Crippen molar-refractivity contribution >= 4 is 33.0 Å². The Kier molecular flexibility index (Phi) is 2.65. The Morgan fingerprint density at radius 1 is 1.50 bits per heavy atom. The summed E-state index contributed by atoms with van der Waals surface area (Å²) in [5.41, 5.74) is 1.02. The lowest BCUT2D eigenvalue weighted by molar-refractivity contribution is 0.602. The van der Waals surface area contributed by atoms with Crippen molar-refractivity contribution in [2.24, 2.45) is 0 Å². The number of imidazole rings is 1. The van der Waals surface area contributed by atoms with Crippen LogP contribution in [0.4, 0.5) is 0 Å². The molecule has 3 heterocycles. The fraction of sp³-hybridized carbons (Fsp3) is 0.364. The van der Waals surface area contributed by atoms with Crippen LogP contribution in [0.5, 0.6) is 0 Å². The third kappa shape index (κ3) is 1.56. The Morgan fingerprint density at radius 3 is 3.12 bits per heavy atom. The molecule has 0 spiro atoms. The van der Waals surface area contributed by atoms with Crippen LogP contribution in [0.1, 0.15) is 24.7 Å². The van der Waals surface area contributed by atoms with Gasteiger partial charge >= 0.3 is 0 Å². The maximum Gasteiger partial charge on any atom is 0.133 e. The molecule has 0 amide bonds. The molecule has 1 aliphatic rings. The minimum atomic E-state index is 0.318. The Morgan fingerprint density at radius 2 is 2.38 bits per heavy atom. The number of nitrogens with one attached hydrogen (secondary N) is 1. The van der Waals surface area contributed by atoms with E-state index in [0.29, 0.717) is 11.2 Å². The van der Waals surface area contributed by atoms with Crippen molar-refractivity contribution < 1.29 is 0 Å². The van der Waals surface area contributed by atoms with Gasteiger partial charge in [-0.15, -0.1) is 0 Å². The fourth-order valence-corrected chi connectivity index (χ4v) is 2.96. The molecule has 2 aromatic heterocycles. The second-order valence-electron chi connectivity index (χ2n) is 3.98. The average Bonchev–Trinajstić information content (AvgIpc) is 2.87. The molecule has 0 aliphatic carbocycles. The highest BCUT2D eigenvalue weighted by Gasteiger charge is 2.23. The van der Waals surface area contributed by atoms with Gasteiger partial charge in [0.1, 0.15) is 15.6 Å². The summed E-state index contributed by atoms with van der Waals surface area (Å²) in [7, 11) is 0. The molecule has 3 nitrogen and oxygen atoms in total. The number of nitrogens with zero attached hydrogens (tertiary/aromatic N) is 2. The van der Waals surface area contributed by atoms with E-state index in [9.17, 15) is 0 Å². The van der Waals surface area contributed by atoms with Gasteiger partial charge in [0, 0.05) is 0 Å². The zero-order chi connectivity index (χ0) is 11.1. The van der Waals surface area contributed by atoms with Crippen molar-refractivity contribution in [3.63, 3.8) is 0 Å². The summed E-state index contributed by atoms with van der Waals surface area (Å²) >= 11 is 9.71. The number of fused-ring (bicyclic) bond motifs is 1. The molecule has 0 aromatic carbocycles. The molecule has 3 rings (SSSR count). The summed E-state index contributed by atoms with van der Waals surface area (Å²) in [5, 5.41) is 4.15. The number of rotatable bonds is 1. The topological polar surface area (TPSA) is 29.3 Å². The predicted molar refractivity (Wildman–Crippen MR) is 67.9 cm³/mol. The molecule has 5 heteroatoms. The zero-order valence-corrected chi connectivity index (χ0v) is 10.9. The molecular weight excluding hydrogens is 289 g/mol. The molecular formula is C11H11BrClN3. The summed E-state index contributed by atoms with van der Waals surface area (Å²) in [4.78, 5) is 4.57. The fourth-order valence-electron chi connectivity index (χ4n) is 2.22. The Balaban J connectivity index is 2.24. The van der Waals surface area contributed by atoms with Crippen LogP contribution in [0.15, 0.2) is 22.8 Å². The first-order valence-corrected chi connectivity index (χ1v) is 6.50. The highest BCUT2D eigenvalue weighted by atomic mass is 79.9. The first-order chi connectivity index (χ1) is 7.77. The van der Waals surface area contributed by atoms with Crippen molar-refractivity contribution in [3.8, 4) is 0 Å². The van der Waals surface area contributed by atoms with Gasteiger partial charge in [-0.25, -0.2) is 4.98 Å². The van der Waals surface area contributed by atoms with Crippen LogP contribution in [0, 0.1) is 0 Å². The Labute approximate surface area is 107 Å². The van der Waals surface area contributed by atoms with Crippen molar-refractivity contribution in [2.45, 2.75) is 18.9 Å². The van der Waals surface area contributed by atoms with Crippen molar-refractivity contribution in [1.82, 2.24) is 14.7 Å². The van der Waals surface area contributed by atoms with Crippen LogP contribution in [0.3, 0.4) is 0 Å². The van der Waals surface area contributed by atoms with E-state index in [0.717, 1.165) is 28.9 Å². The van der Waals surface area contributed by atoms with Gasteiger partial charge in [-0.2, -0.15) is 0 Å². The van der Waals surface area contributed by atoms with E-state index in [1.54, 1.807) is 0 Å². The van der Waals surface area contributed by atoms with E-state index in [1.807, 2.05) is 22.6 Å². The summed E-state index contributed by atoms with van der Waals surface area (Å²) in [6.45, 7) is 1.06. The number of pyridine rings is 1. The molecule has 2 aromatic rings. The summed E-state index contributed by atoms with van der Waals surface area (Å²) < 4.78 is 2.87. The van der Waals surface area contributed by atoms with Gasteiger partial charge in [-0.1, -0.05) is 17.7 Å². The van der Waals surface area contributed by atoms with E-state index in [1.165, 1.54) is 6.42 Å². The van der Waals surface area contributed by atoms with Crippen LogP contribution in [-0.4, -0.2) is 15.9 Å². The van der Waals surface area contributed by atoms with Crippen LogP contribution in [0.2, 0.25) is 5.15 Å². The van der Waals surface area contributed by atoms with E-state index in [2.05, 4.69) is 26.2 Å². The lowest BCUT2D eigenvalue weighted by Gasteiger charge is -2.09. The zero-order valence-electron chi connectivity index (χ0n) is 8.58. The van der Waals surface area contributed by atoms with Gasteiger partial charge in [0.15, 0.2) is 0 Å². The summed E-state index contributed by atoms with van der Waals surface area (Å²) in [6.07, 6.45) is 2.32. The normalized spacial score (nSPS) is 20.8. The van der Waals surface area contributed by atoms with Gasteiger partial charge in [0.05, 0.1) is 11.6 Å². The van der Waals surface area contributed by atoms with Crippen LogP contribution in [0.25, 0.3) is 5.52 Å². The van der Waals surface area contributed by atoms with Crippen molar-refractivity contribution in [2.75, 3.05) is 6.54 Å². The van der Waals surface area contributed by atoms with Gasteiger partial charge in [-0.05, 0) is 47.4 Å². The molecule has 1 atom stereocenters. The van der Waals surface area contributed by atoms with Crippen molar-refractivity contribution in [3.05, 3.63) is 33.8 Å². The highest BCUT2D eigenvalue weighted by Crippen LogP contribution is 2.29. The molecule has 16 heavy (non-hydrogen) atoms. The first-order valence-electron chi connectivity index (χ1n) is 5.33. The molecule has 1 aliphatic heterocycles. The monoisotopic (exact) mass is 299 g/mol. The average molecular weight is 301 g/mol. The quantitative estimate of drug-likeness (QED) is 0.820. The van der Waals surface area contributed by atoms with E-state index < -0.39 is 0 Å². The molecule has 1 fully saturated rings. The van der Waals surface area contributed by atoms with E-state index in [4.69, 9.17) is 11.6 Å². The standard InChI is InChI=1S/C11H11BrClN3/c12-10-8-4-1-5-9(13)16(8)11(15-10)7-3-2-6-14-7/h1,4-5,7,14H,2-3,6H2. The molecule has 0 bridgehead atoms. The van der Waals surface area contributed by atoms with Crippen LogP contribution < -0.4 is 5.32 Å². The molecule has 0 radical (unpaired) electrons. The maximum atomic E-state index is 6.23. The number of aromatic nitrogens is 2. The summed E-state index contributed by atoms with van der Waals surface area (Å²) in [5.74, 6) is 1.00. The predicted octanol–water partition coefficient (Wildman–Crippen LogP) is 3.17.